The van der Waals surface area contributed by atoms with Gasteiger partial charge in [0.15, 0.2) is 0 Å². The first-order chi connectivity index (χ1) is 7.76. The predicted molar refractivity (Wildman–Crippen MR) is 65.6 cm³/mol. The molecule has 2 N–H and O–H groups in total. The number of carboxylic acid groups (broad SMARTS) is 1. The molecule has 1 aliphatic rings. The summed E-state index contributed by atoms with van der Waals surface area (Å²) in [4.78, 5) is 22.9. The Morgan fingerprint density at radius 1 is 1.35 bits per heavy atom. The first kappa shape index (κ1) is 14.0. The van der Waals surface area contributed by atoms with Gasteiger partial charge in [-0.1, -0.05) is 27.7 Å². The summed E-state index contributed by atoms with van der Waals surface area (Å²) in [7, 11) is 0. The van der Waals surface area contributed by atoms with Gasteiger partial charge in [-0.15, -0.1) is 0 Å². The largest absolute Gasteiger partial charge is 0.481 e. The molecule has 0 spiro atoms. The Balaban J connectivity index is 2.67. The van der Waals surface area contributed by atoms with Crippen molar-refractivity contribution < 1.29 is 14.7 Å². The third-order valence-corrected chi connectivity index (χ3v) is 4.06. The minimum absolute atomic E-state index is 0.00110. The Hall–Kier alpha value is -1.06. The lowest BCUT2D eigenvalue weighted by molar-refractivity contribution is -0.139. The number of carbonyl (C=O) groups excluding carboxylic acids is 1. The summed E-state index contributed by atoms with van der Waals surface area (Å²) in [6.07, 6.45) is 2.19. The topological polar surface area (TPSA) is 66.4 Å². The molecule has 1 fully saturated rings. The highest BCUT2D eigenvalue weighted by atomic mass is 16.4. The maximum Gasteiger partial charge on any atom is 0.305 e. The van der Waals surface area contributed by atoms with Crippen molar-refractivity contribution in [1.29, 1.82) is 0 Å². The first-order valence-corrected chi connectivity index (χ1v) is 6.30. The second-order valence-electron chi connectivity index (χ2n) is 5.79. The standard InChI is InChI=1S/C13H23NO3/c1-5-13(6-2,8-10(15)16)14-11(17)9-7-12(9,3)4/h9H,5-8H2,1-4H3,(H,14,17)(H,15,16)/t9-/m1/s1. The number of carboxylic acids is 1. The van der Waals surface area contributed by atoms with Crippen molar-refractivity contribution in [3.63, 3.8) is 0 Å². The fraction of sp³-hybridized carbons (Fsp3) is 0.846. The fourth-order valence-corrected chi connectivity index (χ4v) is 2.27. The molecule has 0 aromatic rings. The Bertz CT molecular complexity index is 319. The Morgan fingerprint density at radius 3 is 2.12 bits per heavy atom. The van der Waals surface area contributed by atoms with Crippen LogP contribution in [0.1, 0.15) is 53.4 Å². The lowest BCUT2D eigenvalue weighted by Crippen LogP contribution is -2.50. The number of aliphatic carboxylic acids is 1. The van der Waals surface area contributed by atoms with Gasteiger partial charge >= 0.3 is 5.97 Å². The van der Waals surface area contributed by atoms with E-state index in [0.717, 1.165) is 6.42 Å². The van der Waals surface area contributed by atoms with Crippen LogP contribution in [0.4, 0.5) is 0 Å². The molecule has 0 saturated heterocycles. The molecule has 1 atom stereocenters. The van der Waals surface area contributed by atoms with Gasteiger partial charge in [0, 0.05) is 11.5 Å². The molecular formula is C13H23NO3. The quantitative estimate of drug-likeness (QED) is 0.749. The van der Waals surface area contributed by atoms with E-state index in [1.165, 1.54) is 0 Å². The number of hydrogen-bond donors (Lipinski definition) is 2. The van der Waals surface area contributed by atoms with E-state index < -0.39 is 11.5 Å². The zero-order valence-corrected chi connectivity index (χ0v) is 11.2. The Morgan fingerprint density at radius 2 is 1.82 bits per heavy atom. The van der Waals surface area contributed by atoms with E-state index in [9.17, 15) is 9.59 Å². The van der Waals surface area contributed by atoms with Gasteiger partial charge in [0.1, 0.15) is 0 Å². The highest BCUT2D eigenvalue weighted by Gasteiger charge is 2.51. The van der Waals surface area contributed by atoms with Crippen LogP contribution >= 0.6 is 0 Å². The van der Waals surface area contributed by atoms with Crippen molar-refractivity contribution in [2.75, 3.05) is 0 Å². The van der Waals surface area contributed by atoms with E-state index in [2.05, 4.69) is 19.2 Å². The Labute approximate surface area is 103 Å². The molecule has 98 valence electrons. The summed E-state index contributed by atoms with van der Waals surface area (Å²) in [5.74, 6) is -0.794. The summed E-state index contributed by atoms with van der Waals surface area (Å²) in [6.45, 7) is 7.97. The molecule has 17 heavy (non-hydrogen) atoms. The molecule has 0 heterocycles. The van der Waals surface area contributed by atoms with Gasteiger partial charge < -0.3 is 10.4 Å². The van der Waals surface area contributed by atoms with Gasteiger partial charge in [0.25, 0.3) is 0 Å². The highest BCUT2D eigenvalue weighted by molar-refractivity contribution is 5.83. The van der Waals surface area contributed by atoms with Crippen molar-refractivity contribution in [1.82, 2.24) is 5.32 Å². The van der Waals surface area contributed by atoms with Gasteiger partial charge in [-0.2, -0.15) is 0 Å². The third-order valence-electron chi connectivity index (χ3n) is 4.06. The van der Waals surface area contributed by atoms with Gasteiger partial charge in [-0.3, -0.25) is 9.59 Å². The lowest BCUT2D eigenvalue weighted by atomic mass is 9.88. The molecule has 0 bridgehead atoms. The van der Waals surface area contributed by atoms with Crippen LogP contribution in [0, 0.1) is 11.3 Å². The summed E-state index contributed by atoms with van der Waals surface area (Å²) >= 11 is 0. The summed E-state index contributed by atoms with van der Waals surface area (Å²) in [5, 5.41) is 11.9. The Kier molecular flexibility index (Phi) is 3.84. The third kappa shape index (κ3) is 3.20. The van der Waals surface area contributed by atoms with E-state index in [0.29, 0.717) is 12.8 Å². The van der Waals surface area contributed by atoms with Crippen molar-refractivity contribution in [3.8, 4) is 0 Å². The number of nitrogens with one attached hydrogen (secondary N) is 1. The smallest absolute Gasteiger partial charge is 0.305 e. The van der Waals surface area contributed by atoms with Gasteiger partial charge in [0.2, 0.25) is 5.91 Å². The van der Waals surface area contributed by atoms with Gasteiger partial charge in [-0.05, 0) is 24.7 Å². The molecule has 0 aromatic heterocycles. The fourth-order valence-electron chi connectivity index (χ4n) is 2.27. The monoisotopic (exact) mass is 241 g/mol. The SMILES string of the molecule is CCC(CC)(CC(=O)O)NC(=O)[C@H]1CC1(C)C. The van der Waals surface area contributed by atoms with E-state index in [1.807, 2.05) is 13.8 Å². The summed E-state index contributed by atoms with van der Waals surface area (Å²) in [5.41, 5.74) is -0.498. The lowest BCUT2D eigenvalue weighted by Gasteiger charge is -2.31. The van der Waals surface area contributed by atoms with Crippen molar-refractivity contribution in [2.24, 2.45) is 11.3 Å². The zero-order chi connectivity index (χ0) is 13.3. The maximum absolute atomic E-state index is 12.0. The van der Waals surface area contributed by atoms with E-state index in [4.69, 9.17) is 5.11 Å². The second-order valence-corrected chi connectivity index (χ2v) is 5.79. The summed E-state index contributed by atoms with van der Waals surface area (Å²) in [6, 6.07) is 0. The maximum atomic E-state index is 12.0. The molecule has 1 saturated carbocycles. The van der Waals surface area contributed by atoms with Crippen molar-refractivity contribution >= 4 is 11.9 Å². The zero-order valence-electron chi connectivity index (χ0n) is 11.2. The molecular weight excluding hydrogens is 218 g/mol. The van der Waals surface area contributed by atoms with Crippen LogP contribution in [0.25, 0.3) is 0 Å². The molecule has 1 rings (SSSR count). The van der Waals surface area contributed by atoms with Crippen molar-refractivity contribution in [2.45, 2.75) is 58.9 Å². The van der Waals surface area contributed by atoms with Crippen LogP contribution in [0.15, 0.2) is 0 Å². The molecule has 1 aliphatic carbocycles. The minimum Gasteiger partial charge on any atom is -0.481 e. The molecule has 4 heteroatoms. The summed E-state index contributed by atoms with van der Waals surface area (Å²) < 4.78 is 0. The van der Waals surface area contributed by atoms with Crippen LogP contribution in [0.5, 0.6) is 0 Å². The minimum atomic E-state index is -0.857. The first-order valence-electron chi connectivity index (χ1n) is 6.30. The molecule has 0 aromatic carbocycles. The number of amides is 1. The van der Waals surface area contributed by atoms with Crippen LogP contribution in [0.3, 0.4) is 0 Å². The number of rotatable bonds is 6. The average molecular weight is 241 g/mol. The van der Waals surface area contributed by atoms with Crippen LogP contribution in [0.2, 0.25) is 0 Å². The molecule has 1 amide bonds. The predicted octanol–water partition coefficient (Wildman–Crippen LogP) is 2.18. The second kappa shape index (κ2) is 4.67. The van der Waals surface area contributed by atoms with Crippen LogP contribution in [-0.4, -0.2) is 22.5 Å². The average Bonchev–Trinajstić information content (AvgIpc) is 2.86. The van der Waals surface area contributed by atoms with Crippen molar-refractivity contribution in [3.05, 3.63) is 0 Å². The molecule has 0 unspecified atom stereocenters. The number of hydrogen-bond acceptors (Lipinski definition) is 2. The van der Waals surface area contributed by atoms with Gasteiger partial charge in [-0.25, -0.2) is 0 Å². The number of carbonyl (C=O) groups is 2. The molecule has 4 nitrogen and oxygen atoms in total. The van der Waals surface area contributed by atoms with E-state index in [-0.39, 0.29) is 23.7 Å². The normalized spacial score (nSPS) is 22.0. The van der Waals surface area contributed by atoms with Crippen LogP contribution in [-0.2, 0) is 9.59 Å². The molecule has 0 aliphatic heterocycles. The molecule has 0 radical (unpaired) electrons. The van der Waals surface area contributed by atoms with E-state index in [1.54, 1.807) is 0 Å². The van der Waals surface area contributed by atoms with Crippen LogP contribution < -0.4 is 5.32 Å². The van der Waals surface area contributed by atoms with Gasteiger partial charge in [0.05, 0.1) is 6.42 Å². The highest BCUT2D eigenvalue weighted by Crippen LogP contribution is 2.51. The van der Waals surface area contributed by atoms with E-state index >= 15 is 0 Å².